The fourth-order valence-electron chi connectivity index (χ4n) is 5.37. The van der Waals surface area contributed by atoms with Gasteiger partial charge in [-0.1, -0.05) is 97.9 Å². The van der Waals surface area contributed by atoms with Gasteiger partial charge in [-0.05, 0) is 40.5 Å². The lowest BCUT2D eigenvalue weighted by atomic mass is 9.99. The number of anilines is 1. The zero-order valence-electron chi connectivity index (χ0n) is 28.0. The molecule has 258 valence electrons. The van der Waals surface area contributed by atoms with Gasteiger partial charge in [0.1, 0.15) is 25.0 Å². The Balaban J connectivity index is 1.30. The summed E-state index contributed by atoms with van der Waals surface area (Å²) in [5.41, 5.74) is 11.0. The molecule has 1 aromatic heterocycles. The number of amides is 3. The molecule has 0 radical (unpaired) electrons. The molecule has 0 fully saturated rings. The van der Waals surface area contributed by atoms with Crippen LogP contribution < -0.4 is 21.1 Å². The van der Waals surface area contributed by atoms with Crippen LogP contribution in [-0.2, 0) is 40.5 Å². The number of benzene rings is 4. The van der Waals surface area contributed by atoms with Crippen molar-refractivity contribution < 1.29 is 23.9 Å². The number of H-pyrrole nitrogens is 1. The van der Waals surface area contributed by atoms with E-state index in [9.17, 15) is 14.4 Å². The highest BCUT2D eigenvalue weighted by Crippen LogP contribution is 2.21. The molecule has 3 amide bonds. The van der Waals surface area contributed by atoms with Gasteiger partial charge in [-0.2, -0.15) is 0 Å². The largest absolute Gasteiger partial charge is 0.489 e. The minimum Gasteiger partial charge on any atom is -0.489 e. The van der Waals surface area contributed by atoms with Crippen molar-refractivity contribution in [1.29, 1.82) is 0 Å². The SMILES string of the molecule is CC(CNC(=O)CN(Cc1ccc(OCc2ccccc2)cc1)C(=O)C(Cc1cnc[nH]1)NC(=O)OCc1ccccc1)c1ccccc1N. The van der Waals surface area contributed by atoms with Crippen molar-refractivity contribution >= 4 is 23.6 Å². The lowest BCUT2D eigenvalue weighted by Gasteiger charge is -2.28. The molecule has 11 nitrogen and oxygen atoms in total. The Morgan fingerprint density at radius 3 is 2.16 bits per heavy atom. The summed E-state index contributed by atoms with van der Waals surface area (Å²) < 4.78 is 11.4. The van der Waals surface area contributed by atoms with E-state index in [4.69, 9.17) is 15.2 Å². The van der Waals surface area contributed by atoms with Gasteiger partial charge >= 0.3 is 6.09 Å². The summed E-state index contributed by atoms with van der Waals surface area (Å²) in [4.78, 5) is 49.1. The number of rotatable bonds is 16. The second-order valence-corrected chi connectivity index (χ2v) is 12.0. The molecular formula is C39H42N6O5. The molecule has 50 heavy (non-hydrogen) atoms. The minimum atomic E-state index is -1.05. The predicted octanol–water partition coefficient (Wildman–Crippen LogP) is 5.36. The first-order valence-corrected chi connectivity index (χ1v) is 16.4. The third-order valence-corrected chi connectivity index (χ3v) is 8.11. The van der Waals surface area contributed by atoms with Gasteiger partial charge in [0.15, 0.2) is 0 Å². The number of nitrogens with one attached hydrogen (secondary N) is 3. The Bertz CT molecular complexity index is 1800. The zero-order chi connectivity index (χ0) is 35.1. The molecule has 5 N–H and O–H groups in total. The molecule has 0 bridgehead atoms. The Hall–Kier alpha value is -6.10. The van der Waals surface area contributed by atoms with Gasteiger partial charge < -0.3 is 35.7 Å². The standard InChI is InChI=1S/C39H42N6O5/c1-28(34-14-8-9-15-35(34)40)21-42-37(46)24-45(23-29-16-18-33(19-17-29)49-25-30-10-4-2-5-11-30)38(47)36(20-32-22-41-27-43-32)44-39(48)50-26-31-12-6-3-7-13-31/h2-19,22,27-28,36H,20-21,23-26,40H2,1H3,(H,41,43)(H,42,46)(H,44,48). The third kappa shape index (κ3) is 10.7. The molecule has 5 aromatic rings. The molecule has 0 saturated heterocycles. The first-order valence-electron chi connectivity index (χ1n) is 16.4. The summed E-state index contributed by atoms with van der Waals surface area (Å²) in [5.74, 6) is -0.199. The highest BCUT2D eigenvalue weighted by atomic mass is 16.5. The monoisotopic (exact) mass is 674 g/mol. The van der Waals surface area contributed by atoms with Gasteiger partial charge in [0, 0.05) is 43.0 Å². The average Bonchev–Trinajstić information content (AvgIpc) is 3.66. The minimum absolute atomic E-state index is 0.0343. The highest BCUT2D eigenvalue weighted by molar-refractivity contribution is 5.89. The van der Waals surface area contributed by atoms with Crippen LogP contribution >= 0.6 is 0 Å². The first kappa shape index (κ1) is 35.2. The number of imidazole rings is 1. The maximum Gasteiger partial charge on any atom is 0.408 e. The fraction of sp³-hybridized carbons (Fsp3) is 0.231. The number of nitrogens with two attached hydrogens (primary N) is 1. The third-order valence-electron chi connectivity index (χ3n) is 8.11. The molecule has 0 saturated carbocycles. The molecular weight excluding hydrogens is 632 g/mol. The Labute approximate surface area is 291 Å². The number of nitrogens with zero attached hydrogens (tertiary/aromatic N) is 2. The molecule has 0 aliphatic heterocycles. The van der Waals surface area contributed by atoms with Gasteiger partial charge in [-0.25, -0.2) is 9.78 Å². The van der Waals surface area contributed by atoms with E-state index in [1.54, 1.807) is 6.20 Å². The van der Waals surface area contributed by atoms with Gasteiger partial charge in [-0.3, -0.25) is 9.59 Å². The summed E-state index contributed by atoms with van der Waals surface area (Å²) in [6.07, 6.45) is 2.43. The molecule has 0 aliphatic rings. The number of nitrogen functional groups attached to an aromatic ring is 1. The number of hydrogen-bond acceptors (Lipinski definition) is 7. The average molecular weight is 675 g/mol. The number of aromatic nitrogens is 2. The summed E-state index contributed by atoms with van der Waals surface area (Å²) in [7, 11) is 0. The van der Waals surface area contributed by atoms with Crippen molar-refractivity contribution in [3.8, 4) is 5.75 Å². The molecule has 2 atom stereocenters. The molecule has 4 aromatic carbocycles. The van der Waals surface area contributed by atoms with Crippen LogP contribution in [0.5, 0.6) is 5.75 Å². The van der Waals surface area contributed by atoms with E-state index in [-0.39, 0.29) is 37.9 Å². The zero-order valence-corrected chi connectivity index (χ0v) is 28.0. The van der Waals surface area contributed by atoms with Crippen LogP contribution in [0.1, 0.15) is 40.8 Å². The van der Waals surface area contributed by atoms with Crippen molar-refractivity contribution in [3.63, 3.8) is 0 Å². The molecule has 2 unspecified atom stereocenters. The molecule has 1 heterocycles. The van der Waals surface area contributed by atoms with Crippen LogP contribution in [0, 0.1) is 0 Å². The van der Waals surface area contributed by atoms with Crippen LogP contribution in [0.2, 0.25) is 0 Å². The van der Waals surface area contributed by atoms with E-state index >= 15 is 0 Å². The van der Waals surface area contributed by atoms with Gasteiger partial charge in [0.2, 0.25) is 11.8 Å². The molecule has 11 heteroatoms. The van der Waals surface area contributed by atoms with Crippen molar-refractivity contribution in [1.82, 2.24) is 25.5 Å². The Morgan fingerprint density at radius 1 is 0.840 bits per heavy atom. The van der Waals surface area contributed by atoms with E-state index < -0.39 is 18.0 Å². The van der Waals surface area contributed by atoms with Crippen molar-refractivity contribution in [3.05, 3.63) is 150 Å². The number of carbonyl (C=O) groups is 3. The lowest BCUT2D eigenvalue weighted by Crippen LogP contribution is -2.52. The summed E-state index contributed by atoms with van der Waals surface area (Å²) in [5, 5.41) is 5.67. The Morgan fingerprint density at radius 2 is 1.50 bits per heavy atom. The predicted molar refractivity (Wildman–Crippen MR) is 191 cm³/mol. The summed E-state index contributed by atoms with van der Waals surface area (Å²) >= 11 is 0. The van der Waals surface area contributed by atoms with E-state index in [2.05, 4.69) is 20.6 Å². The fourth-order valence-corrected chi connectivity index (χ4v) is 5.37. The van der Waals surface area contributed by atoms with E-state index in [0.29, 0.717) is 30.3 Å². The number of aromatic amines is 1. The van der Waals surface area contributed by atoms with E-state index in [0.717, 1.165) is 22.3 Å². The van der Waals surface area contributed by atoms with Crippen LogP contribution in [0.4, 0.5) is 10.5 Å². The van der Waals surface area contributed by atoms with Crippen molar-refractivity contribution in [2.45, 2.75) is 45.1 Å². The summed E-state index contributed by atoms with van der Waals surface area (Å²) in [6, 6.07) is 32.9. The maximum absolute atomic E-state index is 14.2. The van der Waals surface area contributed by atoms with Gasteiger partial charge in [-0.15, -0.1) is 0 Å². The van der Waals surface area contributed by atoms with Gasteiger partial charge in [0.05, 0.1) is 12.9 Å². The molecule has 0 spiro atoms. The molecule has 0 aliphatic carbocycles. The number of ether oxygens (including phenoxy) is 2. The number of carbonyl (C=O) groups excluding carboxylic acids is 3. The topological polar surface area (TPSA) is 152 Å². The normalized spacial score (nSPS) is 11.9. The van der Waals surface area contributed by atoms with E-state index in [1.165, 1.54) is 11.2 Å². The summed E-state index contributed by atoms with van der Waals surface area (Å²) in [6.45, 7) is 2.60. The number of para-hydroxylation sites is 1. The number of alkyl carbamates (subject to hydrolysis) is 1. The lowest BCUT2D eigenvalue weighted by molar-refractivity contribution is -0.138. The van der Waals surface area contributed by atoms with Crippen LogP contribution in [-0.4, -0.2) is 51.9 Å². The number of hydrogen-bond donors (Lipinski definition) is 4. The second-order valence-electron chi connectivity index (χ2n) is 12.0. The first-order chi connectivity index (χ1) is 24.3. The maximum atomic E-state index is 14.2. The quantitative estimate of drug-likeness (QED) is 0.103. The van der Waals surface area contributed by atoms with Crippen LogP contribution in [0.15, 0.2) is 122 Å². The smallest absolute Gasteiger partial charge is 0.408 e. The van der Waals surface area contributed by atoms with Crippen molar-refractivity contribution in [2.24, 2.45) is 0 Å². The van der Waals surface area contributed by atoms with E-state index in [1.807, 2.05) is 116 Å². The van der Waals surface area contributed by atoms with Gasteiger partial charge in [0.25, 0.3) is 0 Å². The van der Waals surface area contributed by atoms with Crippen LogP contribution in [0.25, 0.3) is 0 Å². The Kier molecular flexibility index (Phi) is 12.6. The second kappa shape index (κ2) is 17.9. The van der Waals surface area contributed by atoms with Crippen LogP contribution in [0.3, 0.4) is 0 Å². The molecule has 5 rings (SSSR count). The van der Waals surface area contributed by atoms with Crippen molar-refractivity contribution in [2.75, 3.05) is 18.8 Å². The highest BCUT2D eigenvalue weighted by Gasteiger charge is 2.29.